The maximum Gasteiger partial charge on any atom is 0.389 e. The molecule has 0 saturated carbocycles. The van der Waals surface area contributed by atoms with Crippen LogP contribution >= 0.6 is 0 Å². The molecule has 2 heterocycles. The molecule has 44 heavy (non-hydrogen) atoms. The molecular formula is C36H37F3IrNO3-. The first-order valence-electron chi connectivity index (χ1n) is 14.5. The van der Waals surface area contributed by atoms with Gasteiger partial charge in [-0.05, 0) is 52.4 Å². The van der Waals surface area contributed by atoms with E-state index in [1.165, 1.54) is 6.08 Å². The first-order valence-corrected chi connectivity index (χ1v) is 14.5. The summed E-state index contributed by atoms with van der Waals surface area (Å²) in [5.74, 6) is 0.979. The summed E-state index contributed by atoms with van der Waals surface area (Å²) in [6, 6.07) is 20.5. The third-order valence-corrected chi connectivity index (χ3v) is 6.86. The van der Waals surface area contributed by atoms with Crippen LogP contribution in [0.4, 0.5) is 13.2 Å². The molecule has 4 nitrogen and oxygen atoms in total. The van der Waals surface area contributed by atoms with Crippen LogP contribution in [0.15, 0.2) is 77.0 Å². The van der Waals surface area contributed by atoms with Gasteiger partial charge in [-0.1, -0.05) is 82.0 Å². The minimum atomic E-state index is -4.16. The molecule has 1 N–H and O–H groups in total. The summed E-state index contributed by atoms with van der Waals surface area (Å²) in [7, 11) is 0. The van der Waals surface area contributed by atoms with Crippen molar-refractivity contribution in [2.24, 2.45) is 11.8 Å². The van der Waals surface area contributed by atoms with E-state index < -0.39 is 12.6 Å². The SMILES string of the molecule is CC(C)CC(=O)/C=C(\O)CC(C)C.Cc1[c-]c(-c2nccc3cc(CCC(F)(F)F)ccc23)c2oc3ccccc3c2c1.[Ir]. The summed E-state index contributed by atoms with van der Waals surface area (Å²) in [6.07, 6.45) is -0.896. The van der Waals surface area contributed by atoms with E-state index in [-0.39, 0.29) is 38.1 Å². The standard InChI is InChI=1S/C25H17F3NO.C11H20O2.Ir/c1-15-12-20-19-4-2-3-5-22(19)30-24(20)21(13-15)23-18-7-6-16(8-10-25(26,27)28)14-17(18)9-11-29-23;1-8(2)5-10(12)7-11(13)6-9(3)4;/h2-7,9,11-12,14H,8,10H2,1H3;7-9,12H,5-6H2,1-4H3;/q-1;;/b;10-7-;. The van der Waals surface area contributed by atoms with Gasteiger partial charge in [0.25, 0.3) is 0 Å². The molecule has 1 radical (unpaired) electrons. The first-order chi connectivity index (χ1) is 20.3. The van der Waals surface area contributed by atoms with Crippen molar-refractivity contribution in [2.75, 3.05) is 0 Å². The van der Waals surface area contributed by atoms with Crippen molar-refractivity contribution < 1.29 is 47.6 Å². The quantitative estimate of drug-likeness (QED) is 0.0968. The van der Waals surface area contributed by atoms with Gasteiger partial charge in [-0.15, -0.1) is 17.7 Å². The summed E-state index contributed by atoms with van der Waals surface area (Å²) in [5, 5.41) is 13.1. The van der Waals surface area contributed by atoms with Gasteiger partial charge in [-0.25, -0.2) is 0 Å². The fraction of sp³-hybridized carbons (Fsp3) is 0.333. The Hall–Kier alpha value is -3.48. The Bertz CT molecular complexity index is 1770. The van der Waals surface area contributed by atoms with E-state index in [2.05, 4.69) is 11.1 Å². The van der Waals surface area contributed by atoms with Crippen molar-refractivity contribution >= 4 is 38.5 Å². The van der Waals surface area contributed by atoms with Crippen molar-refractivity contribution in [3.05, 3.63) is 89.8 Å². The average Bonchev–Trinajstić information content (AvgIpc) is 3.28. The first kappa shape index (κ1) is 35.0. The van der Waals surface area contributed by atoms with Crippen LogP contribution in [0.3, 0.4) is 0 Å². The largest absolute Gasteiger partial charge is 0.512 e. The monoisotopic (exact) mass is 781 g/mol. The zero-order valence-corrected chi connectivity index (χ0v) is 27.9. The van der Waals surface area contributed by atoms with E-state index in [0.717, 1.165) is 38.3 Å². The van der Waals surface area contributed by atoms with Gasteiger partial charge in [0.05, 0.1) is 11.3 Å². The molecule has 0 atom stereocenters. The molecule has 0 fully saturated rings. The summed E-state index contributed by atoms with van der Waals surface area (Å²) in [5.41, 5.74) is 4.59. The Kier molecular flexibility index (Phi) is 11.9. The topological polar surface area (TPSA) is 63.3 Å². The van der Waals surface area contributed by atoms with E-state index >= 15 is 0 Å². The Morgan fingerprint density at radius 2 is 1.68 bits per heavy atom. The van der Waals surface area contributed by atoms with Crippen molar-refractivity contribution in [3.63, 3.8) is 0 Å². The summed E-state index contributed by atoms with van der Waals surface area (Å²) < 4.78 is 43.9. The number of hydrogen-bond donors (Lipinski definition) is 1. The third kappa shape index (κ3) is 9.26. The maximum atomic E-state index is 12.6. The summed E-state index contributed by atoms with van der Waals surface area (Å²) in [4.78, 5) is 15.8. The smallest absolute Gasteiger partial charge is 0.389 e. The normalized spacial score (nSPS) is 12.1. The molecule has 0 bridgehead atoms. The zero-order valence-electron chi connectivity index (χ0n) is 25.5. The van der Waals surface area contributed by atoms with Gasteiger partial charge in [0.1, 0.15) is 5.58 Å². The number of para-hydroxylation sites is 1. The number of pyridine rings is 1. The molecular weight excluding hydrogens is 744 g/mol. The molecule has 0 unspecified atom stereocenters. The molecule has 0 aliphatic carbocycles. The van der Waals surface area contributed by atoms with Crippen molar-refractivity contribution in [1.82, 2.24) is 4.98 Å². The molecule has 5 rings (SSSR count). The van der Waals surface area contributed by atoms with Gasteiger partial charge in [0.15, 0.2) is 5.78 Å². The number of aliphatic hydroxyl groups is 1. The van der Waals surface area contributed by atoms with Crippen LogP contribution in [0.1, 0.15) is 58.1 Å². The molecule has 8 heteroatoms. The second-order valence-corrected chi connectivity index (χ2v) is 11.8. The van der Waals surface area contributed by atoms with Gasteiger partial charge < -0.3 is 14.5 Å². The second kappa shape index (κ2) is 15.0. The van der Waals surface area contributed by atoms with Gasteiger partial charge in [-0.2, -0.15) is 13.2 Å². The van der Waals surface area contributed by atoms with E-state index in [4.69, 9.17) is 4.42 Å². The average molecular weight is 781 g/mol. The van der Waals surface area contributed by atoms with Crippen LogP contribution in [-0.2, 0) is 31.3 Å². The van der Waals surface area contributed by atoms with Gasteiger partial charge in [0, 0.05) is 57.0 Å². The van der Waals surface area contributed by atoms with E-state index in [0.29, 0.717) is 41.5 Å². The zero-order chi connectivity index (χ0) is 31.3. The number of rotatable bonds is 8. The van der Waals surface area contributed by atoms with Crippen molar-refractivity contribution in [2.45, 2.75) is 66.5 Å². The molecule has 0 amide bonds. The molecule has 2 aromatic heterocycles. The number of carbonyl (C=O) groups excluding carboxylic acids is 1. The van der Waals surface area contributed by atoms with Crippen molar-refractivity contribution in [1.29, 1.82) is 0 Å². The maximum absolute atomic E-state index is 12.6. The Balaban J connectivity index is 0.000000324. The van der Waals surface area contributed by atoms with Gasteiger partial charge in [0.2, 0.25) is 0 Å². The number of carbonyl (C=O) groups is 1. The molecule has 0 spiro atoms. The Morgan fingerprint density at radius 1 is 0.977 bits per heavy atom. The number of nitrogens with zero attached hydrogens (tertiary/aromatic N) is 1. The van der Waals surface area contributed by atoms with Crippen LogP contribution in [0, 0.1) is 24.8 Å². The molecule has 0 saturated heterocycles. The molecule has 5 aromatic rings. The Labute approximate surface area is 269 Å². The predicted octanol–water partition coefficient (Wildman–Crippen LogP) is 10.5. The molecule has 0 aliphatic heterocycles. The van der Waals surface area contributed by atoms with Gasteiger partial charge in [-0.3, -0.25) is 4.79 Å². The van der Waals surface area contributed by atoms with Crippen LogP contribution in [0.25, 0.3) is 44.0 Å². The minimum absolute atomic E-state index is 0. The van der Waals surface area contributed by atoms with Crippen LogP contribution < -0.4 is 0 Å². The number of benzene rings is 3. The second-order valence-electron chi connectivity index (χ2n) is 11.8. The number of aromatic nitrogens is 1. The molecule has 0 aliphatic rings. The summed E-state index contributed by atoms with van der Waals surface area (Å²) in [6.45, 7) is 9.98. The third-order valence-electron chi connectivity index (χ3n) is 6.86. The Morgan fingerprint density at radius 3 is 2.36 bits per heavy atom. The predicted molar refractivity (Wildman–Crippen MR) is 167 cm³/mol. The van der Waals surface area contributed by atoms with E-state index in [1.54, 1.807) is 18.3 Å². The number of aryl methyl sites for hydroxylation is 2. The van der Waals surface area contributed by atoms with Crippen molar-refractivity contribution in [3.8, 4) is 11.3 Å². The van der Waals surface area contributed by atoms with Crippen LogP contribution in [0.5, 0.6) is 0 Å². The van der Waals surface area contributed by atoms with E-state index in [1.807, 2.05) is 77.1 Å². The number of furan rings is 1. The number of allylic oxidation sites excluding steroid dienone is 2. The minimum Gasteiger partial charge on any atom is -0.512 e. The number of halogens is 3. The summed E-state index contributed by atoms with van der Waals surface area (Å²) >= 11 is 0. The number of ketones is 1. The number of alkyl halides is 3. The molecule has 3 aromatic carbocycles. The molecule has 235 valence electrons. The van der Waals surface area contributed by atoms with Crippen LogP contribution in [-0.4, -0.2) is 22.1 Å². The number of hydrogen-bond acceptors (Lipinski definition) is 4. The van der Waals surface area contributed by atoms with Crippen LogP contribution in [0.2, 0.25) is 0 Å². The fourth-order valence-corrected chi connectivity index (χ4v) is 5.06. The van der Waals surface area contributed by atoms with E-state index in [9.17, 15) is 23.1 Å². The number of aliphatic hydroxyl groups excluding tert-OH is 1. The number of fused-ring (bicyclic) bond motifs is 4. The fourth-order valence-electron chi connectivity index (χ4n) is 5.06. The van der Waals surface area contributed by atoms with Gasteiger partial charge >= 0.3 is 6.18 Å².